The third kappa shape index (κ3) is 4.70. The molecule has 0 atom stereocenters. The van der Waals surface area contributed by atoms with E-state index in [1.807, 2.05) is 11.4 Å². The molecule has 11 heteroatoms. The summed E-state index contributed by atoms with van der Waals surface area (Å²) in [4.78, 5) is 22.6. The van der Waals surface area contributed by atoms with Crippen molar-refractivity contribution >= 4 is 45.1 Å². The third-order valence-corrected chi connectivity index (χ3v) is 6.57. The van der Waals surface area contributed by atoms with Gasteiger partial charge in [0.1, 0.15) is 11.6 Å². The maximum atomic E-state index is 13.9. The van der Waals surface area contributed by atoms with E-state index in [4.69, 9.17) is 15.5 Å². The summed E-state index contributed by atoms with van der Waals surface area (Å²) < 4.78 is 20.1. The van der Waals surface area contributed by atoms with E-state index < -0.39 is 0 Å². The molecule has 1 fully saturated rings. The van der Waals surface area contributed by atoms with Crippen molar-refractivity contribution in [3.63, 3.8) is 0 Å². The van der Waals surface area contributed by atoms with Gasteiger partial charge in [0.05, 0.1) is 16.8 Å². The van der Waals surface area contributed by atoms with Crippen molar-refractivity contribution < 1.29 is 9.13 Å². The van der Waals surface area contributed by atoms with Gasteiger partial charge in [0.25, 0.3) is 0 Å². The highest BCUT2D eigenvalue weighted by atomic mass is 32.1. The van der Waals surface area contributed by atoms with E-state index in [1.54, 1.807) is 42.8 Å². The molecule has 1 aromatic carbocycles. The second-order valence-corrected chi connectivity index (χ2v) is 8.89. The van der Waals surface area contributed by atoms with Crippen LogP contribution in [0.15, 0.2) is 41.9 Å². The zero-order valence-corrected chi connectivity index (χ0v) is 19.6. The number of fused-ring (bicyclic) bond motifs is 1. The molecule has 1 saturated heterocycles. The molecule has 0 amide bonds. The molecule has 0 saturated carbocycles. The van der Waals surface area contributed by atoms with Crippen LogP contribution in [0.1, 0.15) is 11.1 Å². The summed E-state index contributed by atoms with van der Waals surface area (Å²) in [5.41, 5.74) is 8.17. The molecule has 34 heavy (non-hydrogen) atoms. The van der Waals surface area contributed by atoms with E-state index in [-0.39, 0.29) is 12.4 Å². The standard InChI is InChI=1S/C23H25FN8OS/c1-33-14-16-12-15(2-3-17(16)24)13-27-22-28-18-5-11-34-20(18)21(30-22)31-7-9-32(10-8-31)23-26-6-4-19(25)29-23/h2-6,11-12H,7-10,13-14H2,1H3,(H2,25,26,29)(H,27,28,30). The SMILES string of the molecule is COCc1cc(CNc2nc(N3CCN(c4nccc(N)n4)CC3)c3sccc3n2)ccc1F. The summed E-state index contributed by atoms with van der Waals surface area (Å²) in [6.45, 7) is 3.79. The van der Waals surface area contributed by atoms with Gasteiger partial charge >= 0.3 is 0 Å². The minimum absolute atomic E-state index is 0.230. The smallest absolute Gasteiger partial charge is 0.227 e. The number of nitrogen functional groups attached to an aromatic ring is 1. The molecule has 9 nitrogen and oxygen atoms in total. The Labute approximate surface area is 200 Å². The van der Waals surface area contributed by atoms with E-state index in [1.165, 1.54) is 6.07 Å². The second-order valence-electron chi connectivity index (χ2n) is 7.97. The van der Waals surface area contributed by atoms with Crippen LogP contribution >= 0.6 is 11.3 Å². The summed E-state index contributed by atoms with van der Waals surface area (Å²) in [5.74, 6) is 2.30. The van der Waals surface area contributed by atoms with E-state index >= 15 is 0 Å². The molecule has 5 rings (SSSR count). The average Bonchev–Trinajstić information content (AvgIpc) is 3.33. The summed E-state index contributed by atoms with van der Waals surface area (Å²) in [6.07, 6.45) is 1.68. The normalized spacial score (nSPS) is 14.1. The molecule has 0 aliphatic carbocycles. The molecule has 1 aliphatic rings. The van der Waals surface area contributed by atoms with Crippen LogP contribution in [0.2, 0.25) is 0 Å². The number of ether oxygens (including phenoxy) is 1. The van der Waals surface area contributed by atoms with Crippen LogP contribution in [0, 0.1) is 5.82 Å². The van der Waals surface area contributed by atoms with Gasteiger partial charge in [-0.05, 0) is 35.2 Å². The van der Waals surface area contributed by atoms with Crippen LogP contribution in [0.25, 0.3) is 10.2 Å². The number of benzene rings is 1. The molecule has 4 aromatic rings. The zero-order chi connectivity index (χ0) is 23.5. The van der Waals surface area contributed by atoms with Crippen LogP contribution in [-0.2, 0) is 17.9 Å². The number of anilines is 4. The number of thiophene rings is 1. The molecule has 4 heterocycles. The molecule has 3 aromatic heterocycles. The number of halogens is 1. The van der Waals surface area contributed by atoms with Gasteiger partial charge in [-0.3, -0.25) is 0 Å². The van der Waals surface area contributed by atoms with Gasteiger partial charge in [0, 0.05) is 51.6 Å². The predicted molar refractivity (Wildman–Crippen MR) is 133 cm³/mol. The number of piperazine rings is 1. The van der Waals surface area contributed by atoms with Crippen LogP contribution < -0.4 is 20.9 Å². The number of nitrogens with two attached hydrogens (primary N) is 1. The van der Waals surface area contributed by atoms with Gasteiger partial charge in [0.15, 0.2) is 5.82 Å². The highest BCUT2D eigenvalue weighted by molar-refractivity contribution is 7.17. The lowest BCUT2D eigenvalue weighted by atomic mass is 10.1. The minimum atomic E-state index is -0.272. The number of hydrogen-bond donors (Lipinski definition) is 2. The number of rotatable bonds is 7. The molecule has 176 valence electrons. The highest BCUT2D eigenvalue weighted by Crippen LogP contribution is 2.31. The number of hydrogen-bond acceptors (Lipinski definition) is 10. The van der Waals surface area contributed by atoms with Gasteiger partial charge in [-0.1, -0.05) is 6.07 Å². The van der Waals surface area contributed by atoms with Crippen LogP contribution in [0.3, 0.4) is 0 Å². The van der Waals surface area contributed by atoms with E-state index in [9.17, 15) is 4.39 Å². The Balaban J connectivity index is 1.32. The van der Waals surface area contributed by atoms with Crippen molar-refractivity contribution in [2.24, 2.45) is 0 Å². The first-order chi connectivity index (χ1) is 16.6. The first-order valence-electron chi connectivity index (χ1n) is 10.9. The van der Waals surface area contributed by atoms with Gasteiger partial charge in [-0.2, -0.15) is 9.97 Å². The first kappa shape index (κ1) is 22.2. The summed E-state index contributed by atoms with van der Waals surface area (Å²) in [5, 5.41) is 5.33. The maximum absolute atomic E-state index is 13.9. The molecular formula is C23H25FN8OS. The number of nitrogens with one attached hydrogen (secondary N) is 1. The monoisotopic (exact) mass is 480 g/mol. The lowest BCUT2D eigenvalue weighted by Gasteiger charge is -2.35. The van der Waals surface area contributed by atoms with Gasteiger partial charge in [-0.25, -0.2) is 14.4 Å². The topological polar surface area (TPSA) is 105 Å². The van der Waals surface area contributed by atoms with Crippen LogP contribution in [-0.4, -0.2) is 53.2 Å². The summed E-state index contributed by atoms with van der Waals surface area (Å²) in [6, 6.07) is 8.70. The molecule has 3 N–H and O–H groups in total. The fraction of sp³-hybridized carbons (Fsp3) is 0.304. The second kappa shape index (κ2) is 9.74. The van der Waals surface area contributed by atoms with Crippen molar-refractivity contribution in [2.75, 3.05) is 54.1 Å². The minimum Gasteiger partial charge on any atom is -0.384 e. The van der Waals surface area contributed by atoms with Crippen LogP contribution in [0.4, 0.5) is 27.9 Å². The van der Waals surface area contributed by atoms with Crippen molar-refractivity contribution in [3.8, 4) is 0 Å². The number of methoxy groups -OCH3 is 1. The highest BCUT2D eigenvalue weighted by Gasteiger charge is 2.23. The quantitative estimate of drug-likeness (QED) is 0.412. The largest absolute Gasteiger partial charge is 0.384 e. The van der Waals surface area contributed by atoms with E-state index in [2.05, 4.69) is 30.1 Å². The lowest BCUT2D eigenvalue weighted by molar-refractivity contribution is 0.181. The molecule has 0 unspecified atom stereocenters. The molecule has 0 radical (unpaired) electrons. The van der Waals surface area contributed by atoms with Crippen molar-refractivity contribution in [1.29, 1.82) is 0 Å². The van der Waals surface area contributed by atoms with Gasteiger partial charge in [0.2, 0.25) is 11.9 Å². The predicted octanol–water partition coefficient (Wildman–Crippen LogP) is 3.29. The molecule has 1 aliphatic heterocycles. The first-order valence-corrected chi connectivity index (χ1v) is 11.8. The fourth-order valence-electron chi connectivity index (χ4n) is 3.96. The summed E-state index contributed by atoms with van der Waals surface area (Å²) >= 11 is 1.63. The fourth-order valence-corrected chi connectivity index (χ4v) is 4.81. The Hall–Kier alpha value is -3.57. The lowest BCUT2D eigenvalue weighted by Crippen LogP contribution is -2.47. The van der Waals surface area contributed by atoms with Crippen molar-refractivity contribution in [3.05, 3.63) is 58.9 Å². The summed E-state index contributed by atoms with van der Waals surface area (Å²) in [7, 11) is 1.55. The third-order valence-electron chi connectivity index (χ3n) is 5.67. The molecule has 0 bridgehead atoms. The van der Waals surface area contributed by atoms with E-state index in [0.717, 1.165) is 47.8 Å². The van der Waals surface area contributed by atoms with Crippen molar-refractivity contribution in [1.82, 2.24) is 19.9 Å². The van der Waals surface area contributed by atoms with Gasteiger partial charge in [-0.15, -0.1) is 11.3 Å². The van der Waals surface area contributed by atoms with Crippen molar-refractivity contribution in [2.45, 2.75) is 13.2 Å². The number of nitrogens with zero attached hydrogens (tertiary/aromatic N) is 6. The number of aromatic nitrogens is 4. The Morgan fingerprint density at radius 2 is 1.91 bits per heavy atom. The average molecular weight is 481 g/mol. The van der Waals surface area contributed by atoms with Gasteiger partial charge < -0.3 is 25.6 Å². The van der Waals surface area contributed by atoms with Crippen LogP contribution in [0.5, 0.6) is 0 Å². The van der Waals surface area contributed by atoms with E-state index in [0.29, 0.717) is 29.8 Å². The maximum Gasteiger partial charge on any atom is 0.227 e. The zero-order valence-electron chi connectivity index (χ0n) is 18.7. The Bertz CT molecular complexity index is 1290. The Kier molecular flexibility index (Phi) is 6.37. The molecular weight excluding hydrogens is 455 g/mol. The molecule has 0 spiro atoms. The Morgan fingerprint density at radius 3 is 2.71 bits per heavy atom. The Morgan fingerprint density at radius 1 is 1.09 bits per heavy atom.